The molecule has 0 saturated carbocycles. The van der Waals surface area contributed by atoms with Gasteiger partial charge in [-0.1, -0.05) is 6.07 Å². The van der Waals surface area contributed by atoms with Gasteiger partial charge in [0.05, 0.1) is 6.54 Å². The molecule has 6 heteroatoms. The zero-order valence-electron chi connectivity index (χ0n) is 12.4. The zero-order valence-corrected chi connectivity index (χ0v) is 12.4. The third kappa shape index (κ3) is 3.94. The molecular formula is C16H17F2N3O. The molecule has 0 atom stereocenters. The molecule has 2 aromatic carbocycles. The summed E-state index contributed by atoms with van der Waals surface area (Å²) in [6.07, 6.45) is 0. The summed E-state index contributed by atoms with van der Waals surface area (Å²) in [5, 5.41) is 5.11. The van der Waals surface area contributed by atoms with Crippen LogP contribution in [0.25, 0.3) is 0 Å². The molecule has 0 spiro atoms. The first-order chi connectivity index (χ1) is 10.5. The Hall–Kier alpha value is -2.63. The van der Waals surface area contributed by atoms with Gasteiger partial charge in [0.25, 0.3) is 0 Å². The van der Waals surface area contributed by atoms with Crippen molar-refractivity contribution in [1.82, 2.24) is 0 Å². The van der Waals surface area contributed by atoms with Crippen LogP contribution < -0.4 is 15.5 Å². The number of rotatable bonds is 5. The lowest BCUT2D eigenvalue weighted by Gasteiger charge is -2.13. The molecule has 2 aromatic rings. The van der Waals surface area contributed by atoms with Crippen LogP contribution in [0.15, 0.2) is 42.5 Å². The lowest BCUT2D eigenvalue weighted by Crippen LogP contribution is -2.22. The Bertz CT molecular complexity index is 637. The summed E-state index contributed by atoms with van der Waals surface area (Å²) in [5.74, 6) is -1.86. The average Bonchev–Trinajstić information content (AvgIpc) is 2.47. The van der Waals surface area contributed by atoms with E-state index in [1.165, 1.54) is 6.07 Å². The number of halogens is 2. The van der Waals surface area contributed by atoms with Crippen LogP contribution in [-0.2, 0) is 4.79 Å². The lowest BCUT2D eigenvalue weighted by atomic mass is 10.2. The second-order valence-electron chi connectivity index (χ2n) is 4.94. The van der Waals surface area contributed by atoms with E-state index in [0.29, 0.717) is 5.69 Å². The molecule has 116 valence electrons. The summed E-state index contributed by atoms with van der Waals surface area (Å²) in [7, 11) is 3.83. The molecule has 0 fully saturated rings. The van der Waals surface area contributed by atoms with E-state index in [9.17, 15) is 13.6 Å². The second kappa shape index (κ2) is 6.89. The first-order valence-corrected chi connectivity index (χ1v) is 6.72. The Kier molecular flexibility index (Phi) is 4.93. The highest BCUT2D eigenvalue weighted by Gasteiger charge is 2.09. The van der Waals surface area contributed by atoms with Crippen LogP contribution in [0.1, 0.15) is 0 Å². The van der Waals surface area contributed by atoms with E-state index < -0.39 is 11.6 Å². The summed E-state index contributed by atoms with van der Waals surface area (Å²) >= 11 is 0. The molecule has 0 radical (unpaired) electrons. The highest BCUT2D eigenvalue weighted by Crippen LogP contribution is 2.18. The van der Waals surface area contributed by atoms with Crippen LogP contribution in [-0.4, -0.2) is 26.5 Å². The summed E-state index contributed by atoms with van der Waals surface area (Å²) in [5.41, 5.74) is 1.32. The Labute approximate surface area is 127 Å². The molecule has 0 aliphatic heterocycles. The zero-order chi connectivity index (χ0) is 16.1. The summed E-state index contributed by atoms with van der Waals surface area (Å²) in [6, 6.07) is 10.8. The lowest BCUT2D eigenvalue weighted by molar-refractivity contribution is -0.114. The number of amides is 1. The Morgan fingerprint density at radius 3 is 2.18 bits per heavy atom. The molecule has 22 heavy (non-hydrogen) atoms. The van der Waals surface area contributed by atoms with Crippen molar-refractivity contribution in [3.63, 3.8) is 0 Å². The number of hydrogen-bond acceptors (Lipinski definition) is 3. The number of nitrogens with zero attached hydrogens (tertiary/aromatic N) is 1. The van der Waals surface area contributed by atoms with Crippen LogP contribution >= 0.6 is 0 Å². The number of carbonyl (C=O) groups is 1. The maximum absolute atomic E-state index is 13.4. The third-order valence-electron chi connectivity index (χ3n) is 3.06. The molecule has 0 saturated heterocycles. The first kappa shape index (κ1) is 15.8. The van der Waals surface area contributed by atoms with Crippen molar-refractivity contribution >= 4 is 23.0 Å². The summed E-state index contributed by atoms with van der Waals surface area (Å²) in [4.78, 5) is 13.7. The monoisotopic (exact) mass is 305 g/mol. The maximum atomic E-state index is 13.4. The van der Waals surface area contributed by atoms with E-state index in [1.54, 1.807) is 12.1 Å². The Morgan fingerprint density at radius 2 is 1.64 bits per heavy atom. The summed E-state index contributed by atoms with van der Waals surface area (Å²) < 4.78 is 26.8. The van der Waals surface area contributed by atoms with E-state index in [-0.39, 0.29) is 18.1 Å². The van der Waals surface area contributed by atoms with Gasteiger partial charge in [0.1, 0.15) is 17.3 Å². The molecule has 0 bridgehead atoms. The number of para-hydroxylation sites is 1. The molecule has 4 nitrogen and oxygen atoms in total. The van der Waals surface area contributed by atoms with Crippen LogP contribution in [0, 0.1) is 11.6 Å². The van der Waals surface area contributed by atoms with E-state index in [1.807, 2.05) is 31.1 Å². The van der Waals surface area contributed by atoms with Gasteiger partial charge in [-0.15, -0.1) is 0 Å². The molecule has 0 heterocycles. The van der Waals surface area contributed by atoms with Gasteiger partial charge >= 0.3 is 0 Å². The molecule has 2 N–H and O–H groups in total. The highest BCUT2D eigenvalue weighted by molar-refractivity contribution is 5.93. The van der Waals surface area contributed by atoms with Gasteiger partial charge in [-0.05, 0) is 36.4 Å². The van der Waals surface area contributed by atoms with Gasteiger partial charge in [-0.2, -0.15) is 0 Å². The minimum Gasteiger partial charge on any atom is -0.378 e. The third-order valence-corrected chi connectivity index (χ3v) is 3.06. The predicted octanol–water partition coefficient (Wildman–Crippen LogP) is 3.08. The molecule has 0 aromatic heterocycles. The highest BCUT2D eigenvalue weighted by atomic mass is 19.1. The van der Waals surface area contributed by atoms with E-state index in [4.69, 9.17) is 0 Å². The molecule has 0 aliphatic rings. The second-order valence-corrected chi connectivity index (χ2v) is 4.94. The van der Waals surface area contributed by atoms with Gasteiger partial charge in [0, 0.05) is 25.5 Å². The smallest absolute Gasteiger partial charge is 0.243 e. The van der Waals surface area contributed by atoms with Crippen molar-refractivity contribution in [1.29, 1.82) is 0 Å². The first-order valence-electron chi connectivity index (χ1n) is 6.72. The molecular weight excluding hydrogens is 288 g/mol. The van der Waals surface area contributed by atoms with Crippen LogP contribution in [0.3, 0.4) is 0 Å². The van der Waals surface area contributed by atoms with Gasteiger partial charge in [-0.3, -0.25) is 4.79 Å². The number of benzene rings is 2. The van der Waals surface area contributed by atoms with Gasteiger partial charge in [0.15, 0.2) is 0 Å². The van der Waals surface area contributed by atoms with E-state index >= 15 is 0 Å². The van der Waals surface area contributed by atoms with Crippen LogP contribution in [0.4, 0.5) is 25.8 Å². The minimum atomic E-state index is -0.733. The predicted molar refractivity (Wildman–Crippen MR) is 84.2 cm³/mol. The molecule has 0 unspecified atom stereocenters. The van der Waals surface area contributed by atoms with Gasteiger partial charge in [-0.25, -0.2) is 8.78 Å². The fourth-order valence-electron chi connectivity index (χ4n) is 1.88. The van der Waals surface area contributed by atoms with Crippen LogP contribution in [0.5, 0.6) is 0 Å². The summed E-state index contributed by atoms with van der Waals surface area (Å²) in [6.45, 7) is -0.229. The SMILES string of the molecule is CN(C)c1ccc(NC(=O)CNc2c(F)cccc2F)cc1. The number of carbonyl (C=O) groups excluding carboxylic acids is 1. The van der Waals surface area contributed by atoms with Crippen molar-refractivity contribution in [3.05, 3.63) is 54.1 Å². The largest absolute Gasteiger partial charge is 0.378 e. The standard InChI is InChI=1S/C16H17F2N3O/c1-21(2)12-8-6-11(7-9-12)20-15(22)10-19-16-13(17)4-3-5-14(16)18/h3-9,19H,10H2,1-2H3,(H,20,22). The molecule has 2 rings (SSSR count). The van der Waals surface area contributed by atoms with Crippen molar-refractivity contribution < 1.29 is 13.6 Å². The number of anilines is 3. The van der Waals surface area contributed by atoms with Crippen molar-refractivity contribution in [2.45, 2.75) is 0 Å². The van der Waals surface area contributed by atoms with Gasteiger partial charge < -0.3 is 15.5 Å². The molecule has 0 aliphatic carbocycles. The Morgan fingerprint density at radius 1 is 1.05 bits per heavy atom. The number of nitrogens with one attached hydrogen (secondary N) is 2. The van der Waals surface area contributed by atoms with E-state index in [2.05, 4.69) is 10.6 Å². The van der Waals surface area contributed by atoms with Crippen molar-refractivity contribution in [3.8, 4) is 0 Å². The van der Waals surface area contributed by atoms with Crippen LogP contribution in [0.2, 0.25) is 0 Å². The Balaban J connectivity index is 1.93. The maximum Gasteiger partial charge on any atom is 0.243 e. The van der Waals surface area contributed by atoms with E-state index in [0.717, 1.165) is 17.8 Å². The van der Waals surface area contributed by atoms with Crippen molar-refractivity contribution in [2.75, 3.05) is 36.2 Å². The quantitative estimate of drug-likeness (QED) is 0.892. The van der Waals surface area contributed by atoms with Crippen molar-refractivity contribution in [2.24, 2.45) is 0 Å². The number of hydrogen-bond donors (Lipinski definition) is 2. The minimum absolute atomic E-state index is 0.229. The topological polar surface area (TPSA) is 44.4 Å². The normalized spacial score (nSPS) is 10.2. The van der Waals surface area contributed by atoms with Gasteiger partial charge in [0.2, 0.25) is 5.91 Å². The molecule has 1 amide bonds. The fraction of sp³-hybridized carbons (Fsp3) is 0.188. The fourth-order valence-corrected chi connectivity index (χ4v) is 1.88. The average molecular weight is 305 g/mol.